The summed E-state index contributed by atoms with van der Waals surface area (Å²) in [6.45, 7) is 8.26. The fraction of sp³-hybridized carbons (Fsp3) is 1.00. The van der Waals surface area contributed by atoms with E-state index < -0.39 is 0 Å². The van der Waals surface area contributed by atoms with Gasteiger partial charge in [-0.2, -0.15) is 5.48 Å². The van der Waals surface area contributed by atoms with Gasteiger partial charge < -0.3 is 5.32 Å². The van der Waals surface area contributed by atoms with Crippen molar-refractivity contribution in [3.05, 3.63) is 0 Å². The summed E-state index contributed by atoms with van der Waals surface area (Å²) in [5.41, 5.74) is 2.98. The maximum Gasteiger partial charge on any atom is 0.0813 e. The van der Waals surface area contributed by atoms with Crippen LogP contribution in [0.4, 0.5) is 0 Å². The number of hydrogen-bond acceptors (Lipinski definition) is 3. The van der Waals surface area contributed by atoms with Crippen molar-refractivity contribution in [3.8, 4) is 0 Å². The van der Waals surface area contributed by atoms with E-state index in [1.165, 1.54) is 0 Å². The molecule has 0 aromatic carbocycles. The van der Waals surface area contributed by atoms with Gasteiger partial charge in [-0.3, -0.25) is 4.84 Å². The molecule has 1 unspecified atom stereocenters. The summed E-state index contributed by atoms with van der Waals surface area (Å²) in [5, 5.41) is 3.27. The molecule has 0 aliphatic carbocycles. The van der Waals surface area contributed by atoms with Crippen LogP contribution in [0.25, 0.3) is 0 Å². The molecule has 0 amide bonds. The van der Waals surface area contributed by atoms with E-state index in [9.17, 15) is 0 Å². The molecule has 1 fully saturated rings. The molecule has 0 bridgehead atoms. The summed E-state index contributed by atoms with van der Waals surface area (Å²) in [4.78, 5) is 5.42. The smallest absolute Gasteiger partial charge is 0.0813 e. The Balaban J connectivity index is 2.11. The van der Waals surface area contributed by atoms with Gasteiger partial charge in [-0.05, 0) is 33.7 Å². The summed E-state index contributed by atoms with van der Waals surface area (Å²) >= 11 is 0. The van der Waals surface area contributed by atoms with Crippen molar-refractivity contribution in [3.63, 3.8) is 0 Å². The first-order valence-electron chi connectivity index (χ1n) is 4.22. The fourth-order valence-electron chi connectivity index (χ4n) is 1.02. The topological polar surface area (TPSA) is 33.3 Å². The van der Waals surface area contributed by atoms with Crippen molar-refractivity contribution in [2.45, 2.75) is 38.8 Å². The van der Waals surface area contributed by atoms with Gasteiger partial charge in [-0.15, -0.1) is 0 Å². The fourth-order valence-corrected chi connectivity index (χ4v) is 1.02. The second-order valence-corrected chi connectivity index (χ2v) is 4.02. The second kappa shape index (κ2) is 3.52. The van der Waals surface area contributed by atoms with Crippen LogP contribution in [0, 0.1) is 0 Å². The number of nitrogens with one attached hydrogen (secondary N) is 2. The monoisotopic (exact) mass is 158 g/mol. The highest BCUT2D eigenvalue weighted by Gasteiger charge is 2.17. The third-order valence-corrected chi connectivity index (χ3v) is 1.59. The lowest BCUT2D eigenvalue weighted by molar-refractivity contribution is -0.0855. The highest BCUT2D eigenvalue weighted by molar-refractivity contribution is 4.74. The number of hydrogen-bond donors (Lipinski definition) is 2. The first kappa shape index (κ1) is 8.97. The zero-order valence-corrected chi connectivity index (χ0v) is 7.61. The normalized spacial score (nSPS) is 25.9. The van der Waals surface area contributed by atoms with Crippen LogP contribution in [0.5, 0.6) is 0 Å². The molecule has 1 rings (SSSR count). The van der Waals surface area contributed by atoms with E-state index in [1.807, 2.05) is 20.8 Å². The molecule has 0 aromatic heterocycles. The Hall–Kier alpha value is -0.120. The van der Waals surface area contributed by atoms with E-state index >= 15 is 0 Å². The largest absolute Gasteiger partial charge is 0.315 e. The molecule has 0 saturated carbocycles. The van der Waals surface area contributed by atoms with Crippen LogP contribution in [0.15, 0.2) is 0 Å². The van der Waals surface area contributed by atoms with Crippen LogP contribution < -0.4 is 10.8 Å². The SMILES string of the molecule is CC(C)(C)ONC1CCNC1. The van der Waals surface area contributed by atoms with E-state index in [0.29, 0.717) is 6.04 Å². The molecule has 1 atom stereocenters. The van der Waals surface area contributed by atoms with Gasteiger partial charge in [0.15, 0.2) is 0 Å². The molecule has 1 aliphatic heterocycles. The van der Waals surface area contributed by atoms with E-state index in [2.05, 4.69) is 10.8 Å². The molecule has 1 heterocycles. The van der Waals surface area contributed by atoms with E-state index in [0.717, 1.165) is 19.5 Å². The van der Waals surface area contributed by atoms with Gasteiger partial charge in [0, 0.05) is 12.6 Å². The quantitative estimate of drug-likeness (QED) is 0.579. The number of hydroxylamine groups is 1. The summed E-state index contributed by atoms with van der Waals surface area (Å²) in [5.74, 6) is 0. The summed E-state index contributed by atoms with van der Waals surface area (Å²) in [7, 11) is 0. The zero-order valence-electron chi connectivity index (χ0n) is 7.61. The van der Waals surface area contributed by atoms with Crippen molar-refractivity contribution < 1.29 is 4.84 Å². The third-order valence-electron chi connectivity index (χ3n) is 1.59. The highest BCUT2D eigenvalue weighted by atomic mass is 16.7. The Morgan fingerprint density at radius 3 is 2.64 bits per heavy atom. The number of rotatable bonds is 2. The Morgan fingerprint density at radius 2 is 2.18 bits per heavy atom. The average Bonchev–Trinajstić information content (AvgIpc) is 2.32. The van der Waals surface area contributed by atoms with Gasteiger partial charge in [0.05, 0.1) is 5.60 Å². The summed E-state index contributed by atoms with van der Waals surface area (Å²) in [6.07, 6.45) is 1.16. The summed E-state index contributed by atoms with van der Waals surface area (Å²) in [6, 6.07) is 0.495. The minimum absolute atomic E-state index is 0.0808. The van der Waals surface area contributed by atoms with Crippen LogP contribution in [-0.4, -0.2) is 24.7 Å². The third kappa shape index (κ3) is 3.70. The molecule has 1 aliphatic rings. The summed E-state index contributed by atoms with van der Waals surface area (Å²) < 4.78 is 0. The molecule has 3 nitrogen and oxygen atoms in total. The first-order valence-corrected chi connectivity index (χ1v) is 4.22. The molecule has 0 spiro atoms. The highest BCUT2D eigenvalue weighted by Crippen LogP contribution is 2.06. The maximum absolute atomic E-state index is 5.42. The van der Waals surface area contributed by atoms with Crippen molar-refractivity contribution in [2.75, 3.05) is 13.1 Å². The van der Waals surface area contributed by atoms with Crippen molar-refractivity contribution in [1.82, 2.24) is 10.8 Å². The lowest BCUT2D eigenvalue weighted by Gasteiger charge is -2.22. The molecule has 1 saturated heterocycles. The standard InChI is InChI=1S/C8H18N2O/c1-8(2,3)11-10-7-4-5-9-6-7/h7,9-10H,4-6H2,1-3H3. The van der Waals surface area contributed by atoms with Crippen molar-refractivity contribution in [2.24, 2.45) is 0 Å². The zero-order chi connectivity index (χ0) is 8.32. The lowest BCUT2D eigenvalue weighted by atomic mass is 10.2. The van der Waals surface area contributed by atoms with E-state index in [1.54, 1.807) is 0 Å². The lowest BCUT2D eigenvalue weighted by Crippen LogP contribution is -2.37. The van der Waals surface area contributed by atoms with Gasteiger partial charge in [-0.25, -0.2) is 0 Å². The van der Waals surface area contributed by atoms with E-state index in [-0.39, 0.29) is 5.60 Å². The average molecular weight is 158 g/mol. The second-order valence-electron chi connectivity index (χ2n) is 4.02. The molecular formula is C8H18N2O. The molecule has 0 radical (unpaired) electrons. The molecular weight excluding hydrogens is 140 g/mol. The van der Waals surface area contributed by atoms with Crippen LogP contribution in [0.1, 0.15) is 27.2 Å². The van der Waals surface area contributed by atoms with Crippen molar-refractivity contribution in [1.29, 1.82) is 0 Å². The van der Waals surface area contributed by atoms with Gasteiger partial charge >= 0.3 is 0 Å². The molecule has 66 valence electrons. The van der Waals surface area contributed by atoms with Gasteiger partial charge in [0.25, 0.3) is 0 Å². The van der Waals surface area contributed by atoms with Crippen molar-refractivity contribution >= 4 is 0 Å². The van der Waals surface area contributed by atoms with Crippen LogP contribution in [0.3, 0.4) is 0 Å². The molecule has 2 N–H and O–H groups in total. The first-order chi connectivity index (χ1) is 5.08. The Labute approximate surface area is 68.5 Å². The van der Waals surface area contributed by atoms with E-state index in [4.69, 9.17) is 4.84 Å². The molecule has 3 heteroatoms. The van der Waals surface area contributed by atoms with Crippen LogP contribution >= 0.6 is 0 Å². The minimum atomic E-state index is -0.0808. The Bertz CT molecular complexity index is 114. The van der Waals surface area contributed by atoms with Gasteiger partial charge in [0.2, 0.25) is 0 Å². The predicted molar refractivity (Wildman–Crippen MR) is 45.2 cm³/mol. The molecule has 0 aromatic rings. The Kier molecular flexibility index (Phi) is 2.87. The van der Waals surface area contributed by atoms with Gasteiger partial charge in [-0.1, -0.05) is 0 Å². The van der Waals surface area contributed by atoms with Gasteiger partial charge in [0.1, 0.15) is 0 Å². The Morgan fingerprint density at radius 1 is 1.45 bits per heavy atom. The van der Waals surface area contributed by atoms with Crippen LogP contribution in [0.2, 0.25) is 0 Å². The maximum atomic E-state index is 5.42. The molecule has 11 heavy (non-hydrogen) atoms. The predicted octanol–water partition coefficient (Wildman–Crippen LogP) is 0.668. The minimum Gasteiger partial charge on any atom is -0.315 e. The van der Waals surface area contributed by atoms with Crippen LogP contribution in [-0.2, 0) is 4.84 Å².